The Hall–Kier alpha value is -1.68. The highest BCUT2D eigenvalue weighted by atomic mass is 19.1. The van der Waals surface area contributed by atoms with Gasteiger partial charge >= 0.3 is 0 Å². The molecule has 0 radical (unpaired) electrons. The maximum Gasteiger partial charge on any atom is 0.128 e. The van der Waals surface area contributed by atoms with E-state index < -0.39 is 6.04 Å². The molecule has 18 heavy (non-hydrogen) atoms. The van der Waals surface area contributed by atoms with Crippen molar-refractivity contribution in [1.82, 2.24) is 9.78 Å². The second kappa shape index (κ2) is 4.90. The summed E-state index contributed by atoms with van der Waals surface area (Å²) in [6, 6.07) is 4.54. The summed E-state index contributed by atoms with van der Waals surface area (Å²) in [6.45, 7) is 3.95. The quantitative estimate of drug-likeness (QED) is 0.905. The fourth-order valence-electron chi connectivity index (χ4n) is 2.16. The molecule has 1 aromatic carbocycles. The van der Waals surface area contributed by atoms with Crippen molar-refractivity contribution in [3.63, 3.8) is 0 Å². The average molecular weight is 247 g/mol. The molecule has 96 valence electrons. The van der Waals surface area contributed by atoms with Gasteiger partial charge in [-0.3, -0.25) is 4.68 Å². The summed E-state index contributed by atoms with van der Waals surface area (Å²) in [5.41, 5.74) is 9.53. The zero-order valence-electron chi connectivity index (χ0n) is 10.9. The molecular weight excluding hydrogens is 229 g/mol. The molecule has 0 saturated heterocycles. The van der Waals surface area contributed by atoms with Gasteiger partial charge < -0.3 is 5.73 Å². The van der Waals surface area contributed by atoms with Crippen LogP contribution in [0, 0.1) is 12.7 Å². The number of aromatic nitrogens is 2. The second-order valence-corrected chi connectivity index (χ2v) is 4.56. The Balaban J connectivity index is 2.46. The third-order valence-electron chi connectivity index (χ3n) is 3.09. The van der Waals surface area contributed by atoms with Crippen LogP contribution in [-0.4, -0.2) is 9.78 Å². The summed E-state index contributed by atoms with van der Waals surface area (Å²) in [4.78, 5) is 0. The van der Waals surface area contributed by atoms with Gasteiger partial charge in [0.1, 0.15) is 5.82 Å². The smallest absolute Gasteiger partial charge is 0.128 e. The van der Waals surface area contributed by atoms with Crippen molar-refractivity contribution in [2.45, 2.75) is 26.3 Å². The minimum Gasteiger partial charge on any atom is -0.320 e. The van der Waals surface area contributed by atoms with Crippen molar-refractivity contribution in [3.05, 3.63) is 52.6 Å². The molecule has 1 unspecified atom stereocenters. The molecule has 0 amide bonds. The Labute approximate surface area is 106 Å². The molecule has 0 spiro atoms. The Morgan fingerprint density at radius 3 is 2.78 bits per heavy atom. The highest BCUT2D eigenvalue weighted by Crippen LogP contribution is 2.25. The summed E-state index contributed by atoms with van der Waals surface area (Å²) in [5, 5.41) is 4.34. The molecule has 0 fully saturated rings. The van der Waals surface area contributed by atoms with Gasteiger partial charge in [-0.25, -0.2) is 4.39 Å². The Kier molecular flexibility index (Phi) is 3.48. The lowest BCUT2D eigenvalue weighted by atomic mass is 9.97. The molecule has 1 atom stereocenters. The predicted octanol–water partition coefficient (Wildman–Crippen LogP) is 2.48. The van der Waals surface area contributed by atoms with E-state index in [1.54, 1.807) is 16.8 Å². The van der Waals surface area contributed by atoms with Crippen LogP contribution < -0.4 is 5.73 Å². The summed E-state index contributed by atoms with van der Waals surface area (Å²) >= 11 is 0. The Morgan fingerprint density at radius 2 is 2.11 bits per heavy atom. The van der Waals surface area contributed by atoms with Crippen LogP contribution >= 0.6 is 0 Å². The summed E-state index contributed by atoms with van der Waals surface area (Å²) < 4.78 is 15.6. The largest absolute Gasteiger partial charge is 0.320 e. The van der Waals surface area contributed by atoms with Gasteiger partial charge in [-0.05, 0) is 19.4 Å². The molecule has 1 heterocycles. The van der Waals surface area contributed by atoms with E-state index in [0.29, 0.717) is 5.56 Å². The van der Waals surface area contributed by atoms with Crippen molar-refractivity contribution in [3.8, 4) is 0 Å². The number of nitrogens with two attached hydrogens (primary N) is 1. The zero-order valence-corrected chi connectivity index (χ0v) is 10.9. The molecule has 0 aliphatic rings. The Bertz CT molecular complexity index is 560. The van der Waals surface area contributed by atoms with E-state index in [-0.39, 0.29) is 5.82 Å². The number of halogens is 1. The number of hydrogen-bond donors (Lipinski definition) is 1. The van der Waals surface area contributed by atoms with Gasteiger partial charge in [0.2, 0.25) is 0 Å². The van der Waals surface area contributed by atoms with Crippen LogP contribution in [0.1, 0.15) is 35.3 Å². The van der Waals surface area contributed by atoms with Crippen molar-refractivity contribution in [2.75, 3.05) is 0 Å². The molecule has 1 aromatic heterocycles. The molecule has 0 aliphatic heterocycles. The number of hydrogen-bond acceptors (Lipinski definition) is 2. The summed E-state index contributed by atoms with van der Waals surface area (Å²) in [5.74, 6) is -0.265. The SMILES string of the molecule is CCc1nn(C)cc1C(N)c1cc(C)ccc1F. The maximum absolute atomic E-state index is 13.8. The molecule has 0 saturated carbocycles. The summed E-state index contributed by atoms with van der Waals surface area (Å²) in [6.07, 6.45) is 2.66. The molecule has 4 heteroatoms. The van der Waals surface area contributed by atoms with E-state index in [9.17, 15) is 4.39 Å². The van der Waals surface area contributed by atoms with Gasteiger partial charge in [-0.2, -0.15) is 5.10 Å². The first kappa shape index (κ1) is 12.8. The van der Waals surface area contributed by atoms with Gasteiger partial charge in [0.25, 0.3) is 0 Å². The first-order valence-corrected chi connectivity index (χ1v) is 6.07. The van der Waals surface area contributed by atoms with Crippen molar-refractivity contribution < 1.29 is 4.39 Å². The average Bonchev–Trinajstić information content (AvgIpc) is 2.72. The minimum absolute atomic E-state index is 0.265. The van der Waals surface area contributed by atoms with Crippen LogP contribution in [0.3, 0.4) is 0 Å². The highest BCUT2D eigenvalue weighted by Gasteiger charge is 2.18. The third kappa shape index (κ3) is 2.29. The summed E-state index contributed by atoms with van der Waals surface area (Å²) in [7, 11) is 1.85. The van der Waals surface area contributed by atoms with Crippen molar-refractivity contribution >= 4 is 0 Å². The van der Waals surface area contributed by atoms with Gasteiger partial charge in [0.05, 0.1) is 11.7 Å². The van der Waals surface area contributed by atoms with Gasteiger partial charge in [-0.15, -0.1) is 0 Å². The maximum atomic E-state index is 13.8. The van der Waals surface area contributed by atoms with E-state index in [1.807, 2.05) is 27.1 Å². The van der Waals surface area contributed by atoms with Gasteiger partial charge in [0, 0.05) is 24.4 Å². The molecule has 0 bridgehead atoms. The first-order chi connectivity index (χ1) is 8.52. The van der Waals surface area contributed by atoms with Crippen LogP contribution in [0.15, 0.2) is 24.4 Å². The highest BCUT2D eigenvalue weighted by molar-refractivity contribution is 5.35. The molecular formula is C14H18FN3. The van der Waals surface area contributed by atoms with E-state index >= 15 is 0 Å². The standard InChI is InChI=1S/C14H18FN3/c1-4-13-11(8-18(3)17-13)14(16)10-7-9(2)5-6-12(10)15/h5-8,14H,4,16H2,1-3H3. The van der Waals surface area contributed by atoms with Crippen LogP contribution in [0.4, 0.5) is 4.39 Å². The van der Waals surface area contributed by atoms with Gasteiger partial charge in [-0.1, -0.05) is 24.6 Å². The first-order valence-electron chi connectivity index (χ1n) is 6.07. The normalized spacial score (nSPS) is 12.7. The monoisotopic (exact) mass is 247 g/mol. The van der Waals surface area contributed by atoms with Crippen molar-refractivity contribution in [1.29, 1.82) is 0 Å². The number of nitrogens with zero attached hydrogens (tertiary/aromatic N) is 2. The van der Waals surface area contributed by atoms with Gasteiger partial charge in [0.15, 0.2) is 0 Å². The molecule has 2 rings (SSSR count). The lowest BCUT2D eigenvalue weighted by Crippen LogP contribution is -2.15. The Morgan fingerprint density at radius 1 is 1.39 bits per heavy atom. The predicted molar refractivity (Wildman–Crippen MR) is 69.8 cm³/mol. The number of aryl methyl sites for hydroxylation is 3. The molecule has 2 N–H and O–H groups in total. The lowest BCUT2D eigenvalue weighted by Gasteiger charge is -2.13. The molecule has 3 nitrogen and oxygen atoms in total. The number of rotatable bonds is 3. The van der Waals surface area contributed by atoms with E-state index in [0.717, 1.165) is 23.2 Å². The number of benzene rings is 1. The van der Waals surface area contributed by atoms with Crippen molar-refractivity contribution in [2.24, 2.45) is 12.8 Å². The van der Waals surface area contributed by atoms with E-state index in [2.05, 4.69) is 5.10 Å². The molecule has 2 aromatic rings. The van der Waals surface area contributed by atoms with Crippen LogP contribution in [-0.2, 0) is 13.5 Å². The lowest BCUT2D eigenvalue weighted by molar-refractivity contribution is 0.598. The second-order valence-electron chi connectivity index (χ2n) is 4.56. The minimum atomic E-state index is -0.464. The molecule has 0 aliphatic carbocycles. The van der Waals surface area contributed by atoms with E-state index in [1.165, 1.54) is 6.07 Å². The van der Waals surface area contributed by atoms with E-state index in [4.69, 9.17) is 5.73 Å². The van der Waals surface area contributed by atoms with Crippen LogP contribution in [0.5, 0.6) is 0 Å². The third-order valence-corrected chi connectivity index (χ3v) is 3.09. The fourth-order valence-corrected chi connectivity index (χ4v) is 2.16. The van der Waals surface area contributed by atoms with Crippen LogP contribution in [0.25, 0.3) is 0 Å². The topological polar surface area (TPSA) is 43.8 Å². The zero-order chi connectivity index (χ0) is 13.3. The fraction of sp³-hybridized carbons (Fsp3) is 0.357. The van der Waals surface area contributed by atoms with Crippen LogP contribution in [0.2, 0.25) is 0 Å².